The van der Waals surface area contributed by atoms with Crippen molar-refractivity contribution in [1.29, 1.82) is 0 Å². The van der Waals surface area contributed by atoms with E-state index < -0.39 is 23.8 Å². The molecule has 1 atom stereocenters. The number of hydrogen-bond acceptors (Lipinski definition) is 4. The first-order valence-corrected chi connectivity index (χ1v) is 8.32. The van der Waals surface area contributed by atoms with Crippen LogP contribution in [0.4, 0.5) is 13.2 Å². The molecule has 0 unspecified atom stereocenters. The molecule has 0 saturated carbocycles. The van der Waals surface area contributed by atoms with E-state index in [1.807, 2.05) is 6.92 Å². The van der Waals surface area contributed by atoms with E-state index in [0.29, 0.717) is 11.5 Å². The average Bonchev–Trinajstić information content (AvgIpc) is 2.61. The molecule has 1 heterocycles. The molecule has 3 rings (SSSR count). The second-order valence-electron chi connectivity index (χ2n) is 6.02. The molecular formula is C19H14ClF3O5. The van der Waals surface area contributed by atoms with Crippen molar-refractivity contribution < 1.29 is 37.3 Å². The van der Waals surface area contributed by atoms with Crippen LogP contribution in [-0.4, -0.2) is 30.5 Å². The van der Waals surface area contributed by atoms with Crippen molar-refractivity contribution in [3.05, 3.63) is 52.1 Å². The van der Waals surface area contributed by atoms with Crippen molar-refractivity contribution in [3.63, 3.8) is 0 Å². The fourth-order valence-electron chi connectivity index (χ4n) is 2.67. The van der Waals surface area contributed by atoms with E-state index in [9.17, 15) is 18.0 Å². The third kappa shape index (κ3) is 3.87. The fourth-order valence-corrected chi connectivity index (χ4v) is 2.88. The zero-order valence-electron chi connectivity index (χ0n) is 14.6. The molecule has 0 aromatic heterocycles. The Bertz CT molecular complexity index is 969. The topological polar surface area (TPSA) is 65.0 Å². The summed E-state index contributed by atoms with van der Waals surface area (Å²) in [5, 5.41) is 9.14. The zero-order chi connectivity index (χ0) is 20.6. The zero-order valence-corrected chi connectivity index (χ0v) is 15.4. The van der Waals surface area contributed by atoms with E-state index in [0.717, 1.165) is 11.6 Å². The summed E-state index contributed by atoms with van der Waals surface area (Å²) in [6.07, 6.45) is -6.61. The van der Waals surface area contributed by atoms with Gasteiger partial charge in [-0.15, -0.1) is 0 Å². The second-order valence-corrected chi connectivity index (χ2v) is 6.43. The molecule has 2 aromatic carbocycles. The summed E-state index contributed by atoms with van der Waals surface area (Å²) in [7, 11) is 1.45. The van der Waals surface area contributed by atoms with Crippen molar-refractivity contribution in [3.8, 4) is 23.0 Å². The van der Waals surface area contributed by atoms with Gasteiger partial charge in [0.2, 0.25) is 6.10 Å². The maximum absolute atomic E-state index is 13.2. The normalized spacial score (nSPS) is 15.9. The van der Waals surface area contributed by atoms with Gasteiger partial charge in [-0.3, -0.25) is 0 Å². The molecule has 0 amide bonds. The number of benzene rings is 2. The number of carboxylic acids is 1. The lowest BCUT2D eigenvalue weighted by atomic mass is 10.0. The Hall–Kier alpha value is -2.87. The van der Waals surface area contributed by atoms with Crippen LogP contribution in [0.3, 0.4) is 0 Å². The molecule has 2 aromatic rings. The van der Waals surface area contributed by atoms with Crippen LogP contribution in [0.25, 0.3) is 6.08 Å². The number of fused-ring (bicyclic) bond motifs is 1. The molecule has 0 bridgehead atoms. The van der Waals surface area contributed by atoms with Gasteiger partial charge in [0.05, 0.1) is 17.7 Å². The summed E-state index contributed by atoms with van der Waals surface area (Å²) in [5.74, 6) is -1.17. The van der Waals surface area contributed by atoms with Gasteiger partial charge in [0.25, 0.3) is 0 Å². The first-order valence-electron chi connectivity index (χ1n) is 7.94. The molecule has 5 nitrogen and oxygen atoms in total. The third-order valence-corrected chi connectivity index (χ3v) is 4.28. The number of carboxylic acid groups (broad SMARTS) is 1. The van der Waals surface area contributed by atoms with Crippen molar-refractivity contribution in [2.24, 2.45) is 0 Å². The Morgan fingerprint density at radius 1 is 1.18 bits per heavy atom. The predicted octanol–water partition coefficient (Wildman–Crippen LogP) is 5.24. The Balaban J connectivity index is 2.02. The molecular weight excluding hydrogens is 401 g/mol. The predicted molar refractivity (Wildman–Crippen MR) is 95.3 cm³/mol. The van der Waals surface area contributed by atoms with Crippen LogP contribution in [0.15, 0.2) is 35.9 Å². The number of alkyl halides is 3. The second kappa shape index (κ2) is 7.27. The third-order valence-electron chi connectivity index (χ3n) is 3.99. The summed E-state index contributed by atoms with van der Waals surface area (Å²) in [5.41, 5.74) is 0.0967. The molecule has 148 valence electrons. The van der Waals surface area contributed by atoms with Gasteiger partial charge in [-0.25, -0.2) is 4.79 Å². The maximum atomic E-state index is 13.2. The highest BCUT2D eigenvalue weighted by atomic mass is 35.5. The largest absolute Gasteiger partial charge is 0.493 e. The molecule has 0 radical (unpaired) electrons. The van der Waals surface area contributed by atoms with E-state index in [4.69, 9.17) is 30.9 Å². The number of halogens is 4. The van der Waals surface area contributed by atoms with Crippen LogP contribution >= 0.6 is 11.6 Å². The number of rotatable bonds is 4. The van der Waals surface area contributed by atoms with Crippen molar-refractivity contribution >= 4 is 23.6 Å². The minimum atomic E-state index is -4.90. The van der Waals surface area contributed by atoms with Gasteiger partial charge in [-0.1, -0.05) is 17.7 Å². The highest BCUT2D eigenvalue weighted by Gasteiger charge is 2.48. The standard InChI is InChI=1S/C19H14ClF3O5/c1-9-3-4-13(16(5-9)26-2)27-15-8-14-10(7-12(15)20)6-11(18(24)25)17(28-14)19(21,22)23/h3-8,17H,1-2H3,(H,24,25)/t17-/m0/s1. The lowest BCUT2D eigenvalue weighted by molar-refractivity contribution is -0.187. The van der Waals surface area contributed by atoms with Gasteiger partial charge in [-0.2, -0.15) is 13.2 Å². The Kier molecular flexibility index (Phi) is 5.16. The van der Waals surface area contributed by atoms with Crippen molar-refractivity contribution in [1.82, 2.24) is 0 Å². The summed E-state index contributed by atoms with van der Waals surface area (Å²) >= 11 is 6.17. The maximum Gasteiger partial charge on any atom is 0.430 e. The van der Waals surface area contributed by atoms with E-state index in [-0.39, 0.29) is 22.1 Å². The number of hydrogen-bond donors (Lipinski definition) is 1. The molecule has 1 aliphatic heterocycles. The smallest absolute Gasteiger partial charge is 0.430 e. The van der Waals surface area contributed by atoms with Gasteiger partial charge in [0, 0.05) is 11.6 Å². The number of aliphatic carboxylic acids is 1. The lowest BCUT2D eigenvalue weighted by Crippen LogP contribution is -2.40. The minimum Gasteiger partial charge on any atom is -0.493 e. The van der Waals surface area contributed by atoms with Crippen molar-refractivity contribution in [2.45, 2.75) is 19.2 Å². The quantitative estimate of drug-likeness (QED) is 0.741. The monoisotopic (exact) mass is 414 g/mol. The highest BCUT2D eigenvalue weighted by molar-refractivity contribution is 6.32. The molecule has 9 heteroatoms. The molecule has 1 N–H and O–H groups in total. The fraction of sp³-hybridized carbons (Fsp3) is 0.211. The van der Waals surface area contributed by atoms with Gasteiger partial charge in [0.1, 0.15) is 11.5 Å². The van der Waals surface area contributed by atoms with E-state index in [1.165, 1.54) is 19.2 Å². The number of methoxy groups -OCH3 is 1. The van der Waals surface area contributed by atoms with Crippen LogP contribution < -0.4 is 14.2 Å². The minimum absolute atomic E-state index is 0.0377. The summed E-state index contributed by atoms with van der Waals surface area (Å²) in [4.78, 5) is 11.2. The van der Waals surface area contributed by atoms with E-state index >= 15 is 0 Å². The SMILES string of the molecule is COc1cc(C)ccc1Oc1cc2c(cc1Cl)C=C(C(=O)O)[C@@H](C(F)(F)F)O2. The van der Waals surface area contributed by atoms with E-state index in [2.05, 4.69) is 0 Å². The number of ether oxygens (including phenoxy) is 3. The summed E-state index contributed by atoms with van der Waals surface area (Å²) in [6.45, 7) is 1.86. The summed E-state index contributed by atoms with van der Waals surface area (Å²) in [6, 6.07) is 7.58. The highest BCUT2D eigenvalue weighted by Crippen LogP contribution is 2.43. The van der Waals surface area contributed by atoms with Gasteiger partial charge >= 0.3 is 12.1 Å². The molecule has 0 fully saturated rings. The molecule has 0 aliphatic carbocycles. The van der Waals surface area contributed by atoms with Crippen molar-refractivity contribution in [2.75, 3.05) is 7.11 Å². The lowest BCUT2D eigenvalue weighted by Gasteiger charge is -2.27. The van der Waals surface area contributed by atoms with E-state index in [1.54, 1.807) is 18.2 Å². The van der Waals surface area contributed by atoms with Gasteiger partial charge in [0.15, 0.2) is 11.5 Å². The molecule has 0 spiro atoms. The van der Waals surface area contributed by atoms with Gasteiger partial charge < -0.3 is 19.3 Å². The van der Waals surface area contributed by atoms with Crippen LogP contribution in [0.1, 0.15) is 11.1 Å². The summed E-state index contributed by atoms with van der Waals surface area (Å²) < 4.78 is 55.5. The molecule has 0 saturated heterocycles. The van der Waals surface area contributed by atoms with Gasteiger partial charge in [-0.05, 0) is 36.8 Å². The first kappa shape index (κ1) is 19.9. The van der Waals surface area contributed by atoms with Crippen LogP contribution in [0.2, 0.25) is 5.02 Å². The Labute approximate surface area is 162 Å². The average molecular weight is 415 g/mol. The van der Waals surface area contributed by atoms with Crippen LogP contribution in [0, 0.1) is 6.92 Å². The first-order chi connectivity index (χ1) is 13.1. The Morgan fingerprint density at radius 3 is 2.50 bits per heavy atom. The molecule has 28 heavy (non-hydrogen) atoms. The van der Waals surface area contributed by atoms with Crippen LogP contribution in [0.5, 0.6) is 23.0 Å². The molecule has 1 aliphatic rings. The van der Waals surface area contributed by atoms with Crippen LogP contribution in [-0.2, 0) is 4.79 Å². The number of aryl methyl sites for hydroxylation is 1. The Morgan fingerprint density at radius 2 is 1.89 bits per heavy atom. The number of carbonyl (C=O) groups is 1.